The molecule has 0 bridgehead atoms. The fraction of sp³-hybridized carbons (Fsp3) is 0.583. The number of aromatic nitrogens is 1. The highest BCUT2D eigenvalue weighted by atomic mass is 79.9. The van der Waals surface area contributed by atoms with Crippen LogP contribution in [0.4, 0.5) is 0 Å². The molecule has 82 valence electrons. The summed E-state index contributed by atoms with van der Waals surface area (Å²) in [6, 6.07) is 2.04. The number of pyridine rings is 1. The second-order valence-corrected chi connectivity index (χ2v) is 5.50. The summed E-state index contributed by atoms with van der Waals surface area (Å²) in [6.07, 6.45) is 7.53. The van der Waals surface area contributed by atoms with Crippen LogP contribution in [0.3, 0.4) is 0 Å². The zero-order chi connectivity index (χ0) is 10.9. The van der Waals surface area contributed by atoms with Crippen molar-refractivity contribution >= 4 is 15.9 Å². The average Bonchev–Trinajstić information content (AvgIpc) is 2.47. The Bertz CT molecular complexity index is 355. The third-order valence-electron chi connectivity index (χ3n) is 3.44. The molecule has 15 heavy (non-hydrogen) atoms. The lowest BCUT2D eigenvalue weighted by Crippen LogP contribution is -2.34. The van der Waals surface area contributed by atoms with Gasteiger partial charge in [-0.15, -0.1) is 0 Å². The molecule has 3 heteroatoms. The Morgan fingerprint density at radius 2 is 2.40 bits per heavy atom. The van der Waals surface area contributed by atoms with Crippen molar-refractivity contribution < 1.29 is 5.11 Å². The second kappa shape index (κ2) is 4.22. The minimum Gasteiger partial charge on any atom is -0.389 e. The van der Waals surface area contributed by atoms with Crippen LogP contribution in [-0.2, 0) is 6.42 Å². The lowest BCUT2D eigenvalue weighted by molar-refractivity contribution is 0.00952. The van der Waals surface area contributed by atoms with Gasteiger partial charge in [-0.05, 0) is 46.3 Å². The van der Waals surface area contributed by atoms with Gasteiger partial charge in [-0.25, -0.2) is 0 Å². The first kappa shape index (κ1) is 11.1. The highest BCUT2D eigenvalue weighted by Crippen LogP contribution is 2.37. The van der Waals surface area contributed by atoms with E-state index in [0.717, 1.165) is 35.7 Å². The van der Waals surface area contributed by atoms with E-state index in [4.69, 9.17) is 0 Å². The third-order valence-corrected chi connectivity index (χ3v) is 3.87. The monoisotopic (exact) mass is 269 g/mol. The van der Waals surface area contributed by atoms with Crippen LogP contribution in [-0.4, -0.2) is 15.7 Å². The van der Waals surface area contributed by atoms with Crippen molar-refractivity contribution in [1.29, 1.82) is 0 Å². The van der Waals surface area contributed by atoms with E-state index in [9.17, 15) is 5.11 Å². The fourth-order valence-corrected chi connectivity index (χ4v) is 2.81. The topological polar surface area (TPSA) is 33.1 Å². The molecule has 0 amide bonds. The van der Waals surface area contributed by atoms with Crippen LogP contribution in [0.5, 0.6) is 0 Å². The van der Waals surface area contributed by atoms with Crippen LogP contribution in [0, 0.1) is 5.92 Å². The van der Waals surface area contributed by atoms with Crippen molar-refractivity contribution in [2.24, 2.45) is 5.92 Å². The van der Waals surface area contributed by atoms with Crippen molar-refractivity contribution in [3.05, 3.63) is 28.5 Å². The van der Waals surface area contributed by atoms with Crippen molar-refractivity contribution in [2.75, 3.05) is 0 Å². The second-order valence-electron chi connectivity index (χ2n) is 4.59. The molecular weight excluding hydrogens is 254 g/mol. The highest BCUT2D eigenvalue weighted by Gasteiger charge is 2.38. The maximum Gasteiger partial charge on any atom is 0.0713 e. The Morgan fingerprint density at radius 1 is 1.60 bits per heavy atom. The molecule has 2 nitrogen and oxygen atoms in total. The van der Waals surface area contributed by atoms with Crippen LogP contribution in [0.15, 0.2) is 22.9 Å². The number of rotatable bonds is 2. The van der Waals surface area contributed by atoms with Crippen molar-refractivity contribution in [1.82, 2.24) is 4.98 Å². The van der Waals surface area contributed by atoms with E-state index in [0.29, 0.717) is 5.92 Å². The number of aliphatic hydroxyl groups is 1. The van der Waals surface area contributed by atoms with Gasteiger partial charge in [0.2, 0.25) is 0 Å². The maximum atomic E-state index is 10.5. The normalized spacial score (nSPS) is 30.7. The minimum atomic E-state index is -0.511. The van der Waals surface area contributed by atoms with Crippen LogP contribution >= 0.6 is 15.9 Å². The molecule has 2 atom stereocenters. The zero-order valence-corrected chi connectivity index (χ0v) is 10.5. The quantitative estimate of drug-likeness (QED) is 0.896. The van der Waals surface area contributed by atoms with Crippen molar-refractivity contribution in [2.45, 2.75) is 38.2 Å². The van der Waals surface area contributed by atoms with Gasteiger partial charge >= 0.3 is 0 Å². The summed E-state index contributed by atoms with van der Waals surface area (Å²) in [5.41, 5.74) is 0.600. The summed E-state index contributed by atoms with van der Waals surface area (Å²) in [5.74, 6) is 0.400. The zero-order valence-electron chi connectivity index (χ0n) is 8.91. The van der Waals surface area contributed by atoms with E-state index >= 15 is 0 Å². The molecule has 1 N–H and O–H groups in total. The minimum absolute atomic E-state index is 0.400. The van der Waals surface area contributed by atoms with Gasteiger partial charge in [0.1, 0.15) is 0 Å². The Morgan fingerprint density at radius 3 is 3.00 bits per heavy atom. The molecule has 1 aromatic heterocycles. The molecular formula is C12H16BrNO. The van der Waals surface area contributed by atoms with Gasteiger partial charge in [-0.2, -0.15) is 0 Å². The predicted molar refractivity (Wildman–Crippen MR) is 63.6 cm³/mol. The van der Waals surface area contributed by atoms with Gasteiger partial charge in [-0.1, -0.05) is 13.3 Å². The largest absolute Gasteiger partial charge is 0.389 e. The van der Waals surface area contributed by atoms with Gasteiger partial charge < -0.3 is 5.11 Å². The highest BCUT2D eigenvalue weighted by molar-refractivity contribution is 9.10. The van der Waals surface area contributed by atoms with Crippen LogP contribution in [0.2, 0.25) is 0 Å². The van der Waals surface area contributed by atoms with E-state index < -0.39 is 5.60 Å². The van der Waals surface area contributed by atoms with Gasteiger partial charge in [0.25, 0.3) is 0 Å². The summed E-state index contributed by atoms with van der Waals surface area (Å²) in [7, 11) is 0. The first-order valence-corrected chi connectivity index (χ1v) is 6.21. The van der Waals surface area contributed by atoms with Gasteiger partial charge in [-0.3, -0.25) is 4.98 Å². The van der Waals surface area contributed by atoms with Crippen LogP contribution in [0.1, 0.15) is 31.7 Å². The van der Waals surface area contributed by atoms with E-state index in [1.807, 2.05) is 12.3 Å². The van der Waals surface area contributed by atoms with E-state index in [1.54, 1.807) is 6.20 Å². The smallest absolute Gasteiger partial charge is 0.0713 e. The first-order valence-electron chi connectivity index (χ1n) is 5.42. The number of nitrogens with zero attached hydrogens (tertiary/aromatic N) is 1. The van der Waals surface area contributed by atoms with Gasteiger partial charge in [0.15, 0.2) is 0 Å². The predicted octanol–water partition coefficient (Wildman–Crippen LogP) is 2.94. The van der Waals surface area contributed by atoms with E-state index in [2.05, 4.69) is 27.8 Å². The van der Waals surface area contributed by atoms with E-state index in [-0.39, 0.29) is 0 Å². The summed E-state index contributed by atoms with van der Waals surface area (Å²) < 4.78 is 0.981. The molecule has 0 saturated heterocycles. The molecule has 1 aliphatic rings. The third kappa shape index (κ3) is 2.40. The van der Waals surface area contributed by atoms with Crippen LogP contribution in [0.25, 0.3) is 0 Å². The summed E-state index contributed by atoms with van der Waals surface area (Å²) in [6.45, 7) is 2.14. The molecule has 0 aliphatic heterocycles. The lowest BCUT2D eigenvalue weighted by atomic mass is 9.86. The molecule has 2 unspecified atom stereocenters. The Kier molecular flexibility index (Phi) is 3.12. The van der Waals surface area contributed by atoms with Crippen LogP contribution < -0.4 is 0 Å². The molecule has 0 aromatic carbocycles. The first-order chi connectivity index (χ1) is 7.10. The Balaban J connectivity index is 2.14. The fourth-order valence-electron chi connectivity index (χ4n) is 2.40. The Hall–Kier alpha value is -0.410. The molecule has 2 rings (SSSR count). The number of halogens is 1. The summed E-state index contributed by atoms with van der Waals surface area (Å²) in [4.78, 5) is 4.12. The molecule has 1 saturated carbocycles. The van der Waals surface area contributed by atoms with Crippen molar-refractivity contribution in [3.8, 4) is 0 Å². The number of hydrogen-bond acceptors (Lipinski definition) is 2. The standard InChI is InChI=1S/C12H16BrNO/c1-9-3-2-4-12(9,15)6-10-5-11(13)8-14-7-10/h5,7-9,15H,2-4,6H2,1H3. The Labute approximate surface area is 98.9 Å². The molecule has 0 spiro atoms. The maximum absolute atomic E-state index is 10.5. The SMILES string of the molecule is CC1CCCC1(O)Cc1cncc(Br)c1. The van der Waals surface area contributed by atoms with Gasteiger partial charge in [0, 0.05) is 23.3 Å². The molecule has 1 aliphatic carbocycles. The lowest BCUT2D eigenvalue weighted by Gasteiger charge is -2.27. The average molecular weight is 270 g/mol. The van der Waals surface area contributed by atoms with Gasteiger partial charge in [0.05, 0.1) is 5.60 Å². The van der Waals surface area contributed by atoms with E-state index in [1.165, 1.54) is 0 Å². The molecule has 1 fully saturated rings. The number of hydrogen-bond donors (Lipinski definition) is 1. The molecule has 1 heterocycles. The molecule has 1 aromatic rings. The summed E-state index contributed by atoms with van der Waals surface area (Å²) >= 11 is 3.40. The van der Waals surface area contributed by atoms with Crippen molar-refractivity contribution in [3.63, 3.8) is 0 Å². The molecule has 0 radical (unpaired) electrons. The summed E-state index contributed by atoms with van der Waals surface area (Å²) in [5, 5.41) is 10.5.